The van der Waals surface area contributed by atoms with Crippen molar-refractivity contribution in [3.8, 4) is 0 Å². The molecule has 0 aromatic carbocycles. The number of hydrogen-bond acceptors (Lipinski definition) is 5. The summed E-state index contributed by atoms with van der Waals surface area (Å²) < 4.78 is 1.31. The minimum atomic E-state index is 0.242. The monoisotopic (exact) mass is 195 g/mol. The molecule has 0 saturated heterocycles. The van der Waals surface area contributed by atoms with Crippen molar-refractivity contribution in [1.82, 2.24) is 14.9 Å². The quantitative estimate of drug-likeness (QED) is 0.672. The van der Waals surface area contributed by atoms with Gasteiger partial charge in [-0.1, -0.05) is 6.07 Å². The van der Waals surface area contributed by atoms with Gasteiger partial charge in [0, 0.05) is 11.3 Å². The maximum atomic E-state index is 5.59. The van der Waals surface area contributed by atoms with Crippen molar-refractivity contribution in [2.45, 2.75) is 6.42 Å². The number of nitrogens with two attached hydrogens (primary N) is 2. The Morgan fingerprint density at radius 3 is 2.85 bits per heavy atom. The highest BCUT2D eigenvalue weighted by molar-refractivity contribution is 7.09. The van der Waals surface area contributed by atoms with Crippen LogP contribution in [0.2, 0.25) is 0 Å². The Labute approximate surface area is 79.0 Å². The van der Waals surface area contributed by atoms with Crippen molar-refractivity contribution in [1.29, 1.82) is 0 Å². The fraction of sp³-hybridized carbons (Fsp3) is 0.143. The maximum absolute atomic E-state index is 5.59. The molecule has 0 aliphatic heterocycles. The third-order valence-electron chi connectivity index (χ3n) is 1.71. The van der Waals surface area contributed by atoms with Gasteiger partial charge in [-0.3, -0.25) is 0 Å². The van der Waals surface area contributed by atoms with Gasteiger partial charge in [0.2, 0.25) is 5.95 Å². The predicted octanol–water partition coefficient (Wildman–Crippen LogP) is 0.226. The average molecular weight is 195 g/mol. The summed E-state index contributed by atoms with van der Waals surface area (Å²) in [5, 5.41) is 9.54. The third-order valence-corrected chi connectivity index (χ3v) is 2.58. The van der Waals surface area contributed by atoms with Crippen molar-refractivity contribution in [3.05, 3.63) is 28.2 Å². The summed E-state index contributed by atoms with van der Waals surface area (Å²) >= 11 is 1.66. The van der Waals surface area contributed by atoms with E-state index in [9.17, 15) is 0 Å². The molecule has 13 heavy (non-hydrogen) atoms. The van der Waals surface area contributed by atoms with E-state index in [0.717, 1.165) is 0 Å². The number of nitrogen functional groups attached to an aromatic ring is 2. The zero-order valence-electron chi connectivity index (χ0n) is 6.84. The molecule has 0 atom stereocenters. The van der Waals surface area contributed by atoms with Crippen LogP contribution >= 0.6 is 11.3 Å². The van der Waals surface area contributed by atoms with Crippen LogP contribution in [-0.2, 0) is 6.42 Å². The normalized spacial score (nSPS) is 10.5. The topological polar surface area (TPSA) is 82.8 Å². The van der Waals surface area contributed by atoms with Gasteiger partial charge in [-0.05, 0) is 11.4 Å². The smallest absolute Gasteiger partial charge is 0.240 e. The van der Waals surface area contributed by atoms with Gasteiger partial charge in [0.15, 0.2) is 5.82 Å². The van der Waals surface area contributed by atoms with Crippen LogP contribution in [0, 0.1) is 0 Å². The van der Waals surface area contributed by atoms with E-state index in [4.69, 9.17) is 11.6 Å². The van der Waals surface area contributed by atoms with Crippen molar-refractivity contribution < 1.29 is 0 Å². The third kappa shape index (κ3) is 1.48. The molecule has 6 heteroatoms. The molecule has 0 fully saturated rings. The molecule has 2 heterocycles. The van der Waals surface area contributed by atoms with E-state index in [-0.39, 0.29) is 5.95 Å². The highest BCUT2D eigenvalue weighted by Gasteiger charge is 2.07. The van der Waals surface area contributed by atoms with Crippen LogP contribution in [0.25, 0.3) is 0 Å². The van der Waals surface area contributed by atoms with E-state index in [1.54, 1.807) is 11.3 Å². The molecule has 2 aromatic rings. The molecule has 2 rings (SSSR count). The summed E-state index contributed by atoms with van der Waals surface area (Å²) in [6, 6.07) is 4.01. The lowest BCUT2D eigenvalue weighted by molar-refractivity contribution is 0.886. The highest BCUT2D eigenvalue weighted by Crippen LogP contribution is 2.13. The number of anilines is 1. The second-order valence-electron chi connectivity index (χ2n) is 2.60. The Morgan fingerprint density at radius 2 is 2.31 bits per heavy atom. The Kier molecular flexibility index (Phi) is 1.90. The molecule has 2 aromatic heterocycles. The minimum Gasteiger partial charge on any atom is -0.366 e. The molecule has 0 aliphatic rings. The largest absolute Gasteiger partial charge is 0.366 e. The summed E-state index contributed by atoms with van der Waals surface area (Å²) in [6.45, 7) is 0. The fourth-order valence-electron chi connectivity index (χ4n) is 1.03. The summed E-state index contributed by atoms with van der Waals surface area (Å²) in [6.07, 6.45) is 0.679. The van der Waals surface area contributed by atoms with Crippen molar-refractivity contribution in [3.63, 3.8) is 0 Å². The Morgan fingerprint density at radius 1 is 1.46 bits per heavy atom. The van der Waals surface area contributed by atoms with Crippen molar-refractivity contribution >= 4 is 17.3 Å². The van der Waals surface area contributed by atoms with E-state index >= 15 is 0 Å². The van der Waals surface area contributed by atoms with E-state index in [1.165, 1.54) is 9.55 Å². The van der Waals surface area contributed by atoms with E-state index in [1.807, 2.05) is 17.5 Å². The predicted molar refractivity (Wildman–Crippen MR) is 51.7 cm³/mol. The Hall–Kier alpha value is -1.56. The van der Waals surface area contributed by atoms with Gasteiger partial charge in [-0.25, -0.2) is 4.68 Å². The molecule has 0 bridgehead atoms. The molecule has 5 nitrogen and oxygen atoms in total. The van der Waals surface area contributed by atoms with E-state index < -0.39 is 0 Å². The van der Waals surface area contributed by atoms with Gasteiger partial charge >= 0.3 is 0 Å². The molecule has 0 saturated carbocycles. The fourth-order valence-corrected chi connectivity index (χ4v) is 1.73. The van der Waals surface area contributed by atoms with Crippen LogP contribution < -0.4 is 11.6 Å². The van der Waals surface area contributed by atoms with Gasteiger partial charge < -0.3 is 11.6 Å². The number of rotatable bonds is 2. The molecular weight excluding hydrogens is 186 g/mol. The van der Waals surface area contributed by atoms with Crippen LogP contribution in [0.3, 0.4) is 0 Å². The zero-order valence-corrected chi connectivity index (χ0v) is 7.66. The van der Waals surface area contributed by atoms with E-state index in [0.29, 0.717) is 12.2 Å². The first-order valence-corrected chi connectivity index (χ1v) is 4.62. The lowest BCUT2D eigenvalue weighted by Crippen LogP contribution is -2.15. The van der Waals surface area contributed by atoms with Crippen LogP contribution in [0.4, 0.5) is 5.95 Å². The Bertz CT molecular complexity index is 391. The van der Waals surface area contributed by atoms with Gasteiger partial charge in [0.1, 0.15) is 0 Å². The number of nitrogens with zero attached hydrogens (tertiary/aromatic N) is 3. The Balaban J connectivity index is 2.24. The number of thiophene rings is 1. The van der Waals surface area contributed by atoms with Gasteiger partial charge in [-0.15, -0.1) is 21.5 Å². The van der Waals surface area contributed by atoms with Gasteiger partial charge in [0.05, 0.1) is 0 Å². The molecule has 0 aliphatic carbocycles. The lowest BCUT2D eigenvalue weighted by atomic mass is 10.3. The van der Waals surface area contributed by atoms with E-state index in [2.05, 4.69) is 10.2 Å². The average Bonchev–Trinajstić information content (AvgIpc) is 2.71. The molecule has 0 spiro atoms. The first-order valence-electron chi connectivity index (χ1n) is 3.74. The zero-order chi connectivity index (χ0) is 9.26. The first-order chi connectivity index (χ1) is 6.27. The van der Waals surface area contributed by atoms with Gasteiger partial charge in [-0.2, -0.15) is 0 Å². The van der Waals surface area contributed by atoms with Crippen LogP contribution in [0.5, 0.6) is 0 Å². The van der Waals surface area contributed by atoms with Crippen LogP contribution in [0.1, 0.15) is 10.7 Å². The second kappa shape index (κ2) is 3.06. The van der Waals surface area contributed by atoms with Crippen LogP contribution in [-0.4, -0.2) is 14.9 Å². The van der Waals surface area contributed by atoms with Crippen LogP contribution in [0.15, 0.2) is 17.5 Å². The molecule has 4 N–H and O–H groups in total. The number of aromatic nitrogens is 3. The second-order valence-corrected chi connectivity index (χ2v) is 3.63. The summed E-state index contributed by atoms with van der Waals surface area (Å²) in [5.74, 6) is 6.51. The minimum absolute atomic E-state index is 0.242. The van der Waals surface area contributed by atoms with Gasteiger partial charge in [0.25, 0.3) is 0 Å². The van der Waals surface area contributed by atoms with Crippen molar-refractivity contribution in [2.75, 3.05) is 11.6 Å². The number of hydrogen-bond donors (Lipinski definition) is 2. The molecule has 0 radical (unpaired) electrons. The first kappa shape index (κ1) is 8.06. The SMILES string of the molecule is Nc1nnc(Cc2cccs2)n1N. The van der Waals surface area contributed by atoms with Crippen molar-refractivity contribution in [2.24, 2.45) is 0 Å². The summed E-state index contributed by atoms with van der Waals surface area (Å²) in [4.78, 5) is 1.19. The molecular formula is C7H9N5S. The standard InChI is InChI=1S/C7H9N5S/c8-7-11-10-6(12(7)9)4-5-2-1-3-13-5/h1-3H,4,9H2,(H2,8,11). The molecule has 0 amide bonds. The summed E-state index contributed by atoms with van der Waals surface area (Å²) in [5.41, 5.74) is 5.44. The lowest BCUT2D eigenvalue weighted by Gasteiger charge is -1.98. The summed E-state index contributed by atoms with van der Waals surface area (Å²) in [7, 11) is 0. The highest BCUT2D eigenvalue weighted by atomic mass is 32.1. The molecule has 68 valence electrons. The maximum Gasteiger partial charge on any atom is 0.240 e. The molecule has 0 unspecified atom stereocenters.